The van der Waals surface area contributed by atoms with Crippen molar-refractivity contribution >= 4 is 32.7 Å². The topological polar surface area (TPSA) is 54.4 Å². The molecule has 0 spiro atoms. The number of aliphatic hydroxyl groups excluding tert-OH is 1. The molecule has 5 heteroatoms. The van der Waals surface area contributed by atoms with Crippen LogP contribution in [0.3, 0.4) is 0 Å². The minimum absolute atomic E-state index is 0.384. The summed E-state index contributed by atoms with van der Waals surface area (Å²) in [6.07, 6.45) is -0.613. The Hall–Kier alpha value is -2.11. The maximum Gasteiger partial charge on any atom is 0.126 e. The van der Waals surface area contributed by atoms with Gasteiger partial charge in [-0.05, 0) is 51.8 Å². The van der Waals surface area contributed by atoms with Gasteiger partial charge in [0.15, 0.2) is 0 Å². The van der Waals surface area contributed by atoms with Gasteiger partial charge < -0.3 is 15.2 Å². The van der Waals surface area contributed by atoms with Crippen molar-refractivity contribution in [2.45, 2.75) is 6.10 Å². The lowest BCUT2D eigenvalue weighted by atomic mass is 10.1. The number of para-hydroxylation sites is 1. The molecule has 0 fully saturated rings. The van der Waals surface area contributed by atoms with E-state index in [2.05, 4.69) is 26.2 Å². The first-order chi connectivity index (χ1) is 11.2. The van der Waals surface area contributed by atoms with E-state index in [1.54, 1.807) is 7.11 Å². The van der Waals surface area contributed by atoms with Gasteiger partial charge in [-0.25, -0.2) is 4.98 Å². The van der Waals surface area contributed by atoms with E-state index in [1.807, 2.05) is 54.6 Å². The van der Waals surface area contributed by atoms with Crippen molar-refractivity contribution in [3.63, 3.8) is 0 Å². The highest BCUT2D eigenvalue weighted by molar-refractivity contribution is 9.10. The summed E-state index contributed by atoms with van der Waals surface area (Å²) in [7, 11) is 1.62. The van der Waals surface area contributed by atoms with E-state index in [9.17, 15) is 5.11 Å². The fourth-order valence-corrected chi connectivity index (χ4v) is 2.82. The maximum atomic E-state index is 10.3. The zero-order valence-electron chi connectivity index (χ0n) is 12.7. The summed E-state index contributed by atoms with van der Waals surface area (Å²) in [4.78, 5) is 4.58. The van der Waals surface area contributed by atoms with E-state index >= 15 is 0 Å². The molecule has 1 unspecified atom stereocenters. The van der Waals surface area contributed by atoms with Crippen molar-refractivity contribution in [3.8, 4) is 5.75 Å². The molecule has 3 rings (SSSR count). The second-order valence-electron chi connectivity index (χ2n) is 5.18. The summed E-state index contributed by atoms with van der Waals surface area (Å²) in [6.45, 7) is 0.384. The number of hydrogen-bond acceptors (Lipinski definition) is 4. The van der Waals surface area contributed by atoms with E-state index in [1.165, 1.54) is 0 Å². The lowest BCUT2D eigenvalue weighted by Crippen LogP contribution is -2.12. The first-order valence-electron chi connectivity index (χ1n) is 7.28. The number of fused-ring (bicyclic) bond motifs is 1. The molecule has 2 aromatic carbocycles. The molecule has 0 saturated carbocycles. The van der Waals surface area contributed by atoms with Gasteiger partial charge in [0.2, 0.25) is 0 Å². The number of ether oxygens (including phenoxy) is 1. The lowest BCUT2D eigenvalue weighted by Gasteiger charge is -2.13. The van der Waals surface area contributed by atoms with Crippen molar-refractivity contribution in [3.05, 3.63) is 64.6 Å². The van der Waals surface area contributed by atoms with Crippen molar-refractivity contribution in [2.24, 2.45) is 0 Å². The molecule has 0 aliphatic rings. The quantitative estimate of drug-likeness (QED) is 0.706. The predicted octanol–water partition coefficient (Wildman–Crippen LogP) is 4.15. The van der Waals surface area contributed by atoms with Gasteiger partial charge in [-0.15, -0.1) is 0 Å². The molecule has 1 aromatic heterocycles. The van der Waals surface area contributed by atoms with E-state index < -0.39 is 6.10 Å². The molecule has 0 saturated heterocycles. The first-order valence-corrected chi connectivity index (χ1v) is 8.08. The van der Waals surface area contributed by atoms with Gasteiger partial charge in [-0.3, -0.25) is 0 Å². The number of pyridine rings is 1. The molecule has 2 N–H and O–H groups in total. The largest absolute Gasteiger partial charge is 0.497 e. The Morgan fingerprint density at radius 1 is 1.13 bits per heavy atom. The second kappa shape index (κ2) is 6.98. The van der Waals surface area contributed by atoms with Crippen LogP contribution >= 0.6 is 15.9 Å². The summed E-state index contributed by atoms with van der Waals surface area (Å²) < 4.78 is 6.07. The molecule has 1 heterocycles. The third kappa shape index (κ3) is 3.63. The molecular weight excluding hydrogens is 356 g/mol. The molecule has 0 bridgehead atoms. The number of hydrogen-bond donors (Lipinski definition) is 2. The average molecular weight is 373 g/mol. The minimum Gasteiger partial charge on any atom is -0.497 e. The number of halogens is 1. The molecule has 0 aliphatic carbocycles. The molecule has 3 aromatic rings. The predicted molar refractivity (Wildman–Crippen MR) is 95.9 cm³/mol. The monoisotopic (exact) mass is 372 g/mol. The standard InChI is InChI=1S/C18H17BrN2O2/c1-23-14-8-5-12(6-9-14)16(22)11-20-17-10-7-13-3-2-4-15(19)18(13)21-17/h2-10,16,22H,11H2,1H3,(H,20,21). The van der Waals surface area contributed by atoms with Gasteiger partial charge >= 0.3 is 0 Å². The number of nitrogens with one attached hydrogen (secondary N) is 1. The Balaban J connectivity index is 1.70. The van der Waals surface area contributed by atoms with Gasteiger partial charge in [0, 0.05) is 16.4 Å². The summed E-state index contributed by atoms with van der Waals surface area (Å²) in [5, 5.41) is 14.5. The summed E-state index contributed by atoms with van der Waals surface area (Å²) >= 11 is 3.51. The molecule has 0 amide bonds. The second-order valence-corrected chi connectivity index (χ2v) is 6.03. The van der Waals surface area contributed by atoms with Crippen molar-refractivity contribution < 1.29 is 9.84 Å². The zero-order chi connectivity index (χ0) is 16.2. The van der Waals surface area contributed by atoms with Crippen LogP contribution in [-0.2, 0) is 0 Å². The van der Waals surface area contributed by atoms with Crippen molar-refractivity contribution in [2.75, 3.05) is 19.0 Å². The van der Waals surface area contributed by atoms with Crippen LogP contribution in [0.15, 0.2) is 59.1 Å². The fourth-order valence-electron chi connectivity index (χ4n) is 2.35. The van der Waals surface area contributed by atoms with Crippen LogP contribution in [0.5, 0.6) is 5.75 Å². The number of anilines is 1. The number of benzene rings is 2. The molecule has 118 valence electrons. The molecule has 23 heavy (non-hydrogen) atoms. The third-order valence-corrected chi connectivity index (χ3v) is 4.29. The van der Waals surface area contributed by atoms with Crippen molar-refractivity contribution in [1.29, 1.82) is 0 Å². The Morgan fingerprint density at radius 3 is 2.65 bits per heavy atom. The summed E-state index contributed by atoms with van der Waals surface area (Å²) in [6, 6.07) is 17.3. The number of nitrogens with zero attached hydrogens (tertiary/aromatic N) is 1. The van der Waals surface area contributed by atoms with Gasteiger partial charge in [0.25, 0.3) is 0 Å². The zero-order valence-corrected chi connectivity index (χ0v) is 14.2. The van der Waals surface area contributed by atoms with Crippen LogP contribution in [0.2, 0.25) is 0 Å². The van der Waals surface area contributed by atoms with Gasteiger partial charge in [-0.2, -0.15) is 0 Å². The number of aromatic nitrogens is 1. The van der Waals surface area contributed by atoms with Crippen LogP contribution in [0.1, 0.15) is 11.7 Å². The Morgan fingerprint density at radius 2 is 1.91 bits per heavy atom. The normalized spacial score (nSPS) is 12.1. The van der Waals surface area contributed by atoms with E-state index in [4.69, 9.17) is 4.74 Å². The van der Waals surface area contributed by atoms with Gasteiger partial charge in [0.1, 0.15) is 11.6 Å². The summed E-state index contributed by atoms with van der Waals surface area (Å²) in [5.74, 6) is 1.51. The highest BCUT2D eigenvalue weighted by Crippen LogP contribution is 2.24. The van der Waals surface area contributed by atoms with Crippen LogP contribution < -0.4 is 10.1 Å². The summed E-state index contributed by atoms with van der Waals surface area (Å²) in [5.41, 5.74) is 1.73. The molecule has 1 atom stereocenters. The van der Waals surface area contributed by atoms with E-state index in [0.29, 0.717) is 6.54 Å². The first kappa shape index (κ1) is 15.8. The Bertz CT molecular complexity index is 806. The number of aliphatic hydroxyl groups is 1. The SMILES string of the molecule is COc1ccc(C(O)CNc2ccc3cccc(Br)c3n2)cc1. The smallest absolute Gasteiger partial charge is 0.126 e. The van der Waals surface area contributed by atoms with E-state index in [-0.39, 0.29) is 0 Å². The van der Waals surface area contributed by atoms with Gasteiger partial charge in [-0.1, -0.05) is 24.3 Å². The van der Waals surface area contributed by atoms with Crippen molar-refractivity contribution in [1.82, 2.24) is 4.98 Å². The molecule has 0 radical (unpaired) electrons. The molecular formula is C18H17BrN2O2. The van der Waals surface area contributed by atoms with Gasteiger partial charge in [0.05, 0.1) is 18.7 Å². The number of methoxy groups -OCH3 is 1. The maximum absolute atomic E-state index is 10.3. The third-order valence-electron chi connectivity index (χ3n) is 3.65. The van der Waals surface area contributed by atoms with Crippen LogP contribution in [0.4, 0.5) is 5.82 Å². The van der Waals surface area contributed by atoms with Crippen LogP contribution in [-0.4, -0.2) is 23.7 Å². The van der Waals surface area contributed by atoms with Crippen LogP contribution in [0.25, 0.3) is 10.9 Å². The highest BCUT2D eigenvalue weighted by atomic mass is 79.9. The van der Waals surface area contributed by atoms with Crippen LogP contribution in [0, 0.1) is 0 Å². The minimum atomic E-state index is -0.613. The lowest BCUT2D eigenvalue weighted by molar-refractivity contribution is 0.191. The Kier molecular flexibility index (Phi) is 4.79. The molecule has 4 nitrogen and oxygen atoms in total. The number of rotatable bonds is 5. The highest BCUT2D eigenvalue weighted by Gasteiger charge is 2.08. The fraction of sp³-hybridized carbons (Fsp3) is 0.167. The molecule has 0 aliphatic heterocycles. The average Bonchev–Trinajstić information content (AvgIpc) is 2.60. The Labute approximate surface area is 143 Å². The van der Waals surface area contributed by atoms with E-state index in [0.717, 1.165) is 32.5 Å².